The van der Waals surface area contributed by atoms with Crippen molar-refractivity contribution >= 4 is 17.2 Å². The highest BCUT2D eigenvalue weighted by Crippen LogP contribution is 2.28. The fourth-order valence-electron chi connectivity index (χ4n) is 3.06. The van der Waals surface area contributed by atoms with Gasteiger partial charge in [-0.3, -0.25) is 4.79 Å². The fraction of sp³-hybridized carbons (Fsp3) is 0.130. The number of nitrogens with one attached hydrogen (secondary N) is 1. The molecule has 0 aliphatic rings. The Hall–Kier alpha value is -4.00. The first-order valence-electron chi connectivity index (χ1n) is 9.35. The highest BCUT2D eigenvalue weighted by atomic mass is 16.5. The molecule has 0 aliphatic carbocycles. The van der Waals surface area contributed by atoms with E-state index in [0.717, 1.165) is 11.3 Å². The van der Waals surface area contributed by atoms with Gasteiger partial charge < -0.3 is 23.9 Å². The van der Waals surface area contributed by atoms with Crippen molar-refractivity contribution in [2.24, 2.45) is 0 Å². The van der Waals surface area contributed by atoms with Gasteiger partial charge >= 0.3 is 0 Å². The summed E-state index contributed by atoms with van der Waals surface area (Å²) in [4.78, 5) is 17.1. The number of rotatable bonds is 7. The summed E-state index contributed by atoms with van der Waals surface area (Å²) in [5, 5.41) is 2.87. The van der Waals surface area contributed by atoms with Crippen molar-refractivity contribution in [2.75, 3.05) is 19.5 Å². The van der Waals surface area contributed by atoms with Crippen LogP contribution in [0.15, 0.2) is 73.1 Å². The Balaban J connectivity index is 1.43. The Morgan fingerprint density at radius 1 is 1.00 bits per heavy atom. The monoisotopic (exact) mass is 403 g/mol. The summed E-state index contributed by atoms with van der Waals surface area (Å²) in [6.07, 6.45) is 3.87. The van der Waals surface area contributed by atoms with Crippen LogP contribution in [0.25, 0.3) is 5.65 Å². The topological polar surface area (TPSA) is 74.1 Å². The molecule has 7 nitrogen and oxygen atoms in total. The lowest BCUT2D eigenvalue weighted by molar-refractivity contribution is 0.102. The molecule has 2 heterocycles. The van der Waals surface area contributed by atoms with E-state index in [-0.39, 0.29) is 5.91 Å². The van der Waals surface area contributed by atoms with Gasteiger partial charge in [0.15, 0.2) is 11.5 Å². The molecule has 0 fully saturated rings. The third-order valence-electron chi connectivity index (χ3n) is 4.54. The highest BCUT2D eigenvalue weighted by molar-refractivity contribution is 6.04. The van der Waals surface area contributed by atoms with Gasteiger partial charge in [-0.25, -0.2) is 4.98 Å². The number of carbonyl (C=O) groups excluding carboxylic acids is 1. The lowest BCUT2D eigenvalue weighted by Crippen LogP contribution is -2.12. The van der Waals surface area contributed by atoms with Gasteiger partial charge in [0.05, 0.1) is 19.9 Å². The Kier molecular flexibility index (Phi) is 5.52. The second-order valence-corrected chi connectivity index (χ2v) is 6.54. The molecule has 1 amide bonds. The van der Waals surface area contributed by atoms with Crippen molar-refractivity contribution in [3.8, 4) is 17.2 Å². The molecule has 0 saturated carbocycles. The van der Waals surface area contributed by atoms with Gasteiger partial charge in [-0.05, 0) is 42.5 Å². The summed E-state index contributed by atoms with van der Waals surface area (Å²) in [5.41, 5.74) is 2.78. The van der Waals surface area contributed by atoms with Crippen LogP contribution in [0.3, 0.4) is 0 Å². The van der Waals surface area contributed by atoms with Crippen LogP contribution >= 0.6 is 0 Å². The van der Waals surface area contributed by atoms with Gasteiger partial charge in [0.1, 0.15) is 18.0 Å². The van der Waals surface area contributed by atoms with Crippen molar-refractivity contribution < 1.29 is 19.0 Å². The Labute approximate surface area is 173 Å². The molecule has 0 saturated heterocycles. The molecule has 152 valence electrons. The number of aromatic nitrogens is 2. The van der Waals surface area contributed by atoms with E-state index in [4.69, 9.17) is 14.2 Å². The molecule has 7 heteroatoms. The average Bonchev–Trinajstić information content (AvgIpc) is 3.20. The maximum absolute atomic E-state index is 12.6. The summed E-state index contributed by atoms with van der Waals surface area (Å²) in [5.74, 6) is 1.44. The predicted octanol–water partition coefficient (Wildman–Crippen LogP) is 4.18. The molecule has 0 aliphatic heterocycles. The van der Waals surface area contributed by atoms with E-state index in [1.165, 1.54) is 7.11 Å². The van der Waals surface area contributed by atoms with Crippen molar-refractivity contribution in [2.45, 2.75) is 6.61 Å². The Morgan fingerprint density at radius 3 is 2.67 bits per heavy atom. The molecule has 4 rings (SSSR count). The zero-order chi connectivity index (χ0) is 20.9. The maximum atomic E-state index is 12.6. The number of hydrogen-bond acceptors (Lipinski definition) is 5. The van der Waals surface area contributed by atoms with Crippen LogP contribution in [0.4, 0.5) is 5.69 Å². The van der Waals surface area contributed by atoms with Gasteiger partial charge in [-0.2, -0.15) is 0 Å². The van der Waals surface area contributed by atoms with Crippen LogP contribution < -0.4 is 19.5 Å². The van der Waals surface area contributed by atoms with Crippen molar-refractivity contribution in [1.29, 1.82) is 0 Å². The standard InChI is InChI=1S/C23H21N3O4/c1-28-20-10-9-16(12-21(20)29-2)23(27)25-17-6-5-7-19(13-17)30-15-18-14-26-11-4-3-8-22(26)24-18/h3-14H,15H2,1-2H3,(H,25,27). The van der Waals surface area contributed by atoms with E-state index >= 15 is 0 Å². The van der Waals surface area contributed by atoms with E-state index in [1.807, 2.05) is 47.1 Å². The third-order valence-corrected chi connectivity index (χ3v) is 4.54. The van der Waals surface area contributed by atoms with Gasteiger partial charge in [0.25, 0.3) is 5.91 Å². The normalized spacial score (nSPS) is 10.6. The van der Waals surface area contributed by atoms with E-state index in [9.17, 15) is 4.79 Å². The number of fused-ring (bicyclic) bond motifs is 1. The van der Waals surface area contributed by atoms with Crippen LogP contribution in [0.2, 0.25) is 0 Å². The van der Waals surface area contributed by atoms with E-state index in [1.54, 1.807) is 37.4 Å². The van der Waals surface area contributed by atoms with Gasteiger partial charge in [-0.15, -0.1) is 0 Å². The van der Waals surface area contributed by atoms with Crippen molar-refractivity contribution in [3.63, 3.8) is 0 Å². The number of anilines is 1. The molecule has 2 aromatic heterocycles. The van der Waals surface area contributed by atoms with Crippen LogP contribution in [-0.4, -0.2) is 29.5 Å². The molecule has 0 spiro atoms. The maximum Gasteiger partial charge on any atom is 0.255 e. The van der Waals surface area contributed by atoms with Gasteiger partial charge in [0.2, 0.25) is 0 Å². The van der Waals surface area contributed by atoms with Gasteiger partial charge in [-0.1, -0.05) is 12.1 Å². The number of nitrogens with zero attached hydrogens (tertiary/aromatic N) is 2. The smallest absolute Gasteiger partial charge is 0.255 e. The molecule has 1 N–H and O–H groups in total. The number of amides is 1. The summed E-state index contributed by atoms with van der Waals surface area (Å²) in [6, 6.07) is 18.1. The number of pyridine rings is 1. The molecule has 0 unspecified atom stereocenters. The number of ether oxygens (including phenoxy) is 3. The largest absolute Gasteiger partial charge is 0.493 e. The molecule has 2 aromatic carbocycles. The molecule has 30 heavy (non-hydrogen) atoms. The average molecular weight is 403 g/mol. The van der Waals surface area contributed by atoms with E-state index in [0.29, 0.717) is 35.1 Å². The SMILES string of the molecule is COc1ccc(C(=O)Nc2cccc(OCc3cn4ccccc4n3)c2)cc1OC. The molecule has 0 radical (unpaired) electrons. The number of carbonyl (C=O) groups is 1. The van der Waals surface area contributed by atoms with Crippen LogP contribution in [0.5, 0.6) is 17.2 Å². The second kappa shape index (κ2) is 8.57. The van der Waals surface area contributed by atoms with Gasteiger partial charge in [0, 0.05) is 29.7 Å². The number of imidazole rings is 1. The number of hydrogen-bond donors (Lipinski definition) is 1. The first-order valence-corrected chi connectivity index (χ1v) is 9.35. The zero-order valence-corrected chi connectivity index (χ0v) is 16.7. The van der Waals surface area contributed by atoms with Crippen LogP contribution in [0.1, 0.15) is 16.1 Å². The summed E-state index contributed by atoms with van der Waals surface area (Å²) in [7, 11) is 3.08. The zero-order valence-electron chi connectivity index (χ0n) is 16.7. The Morgan fingerprint density at radius 2 is 1.87 bits per heavy atom. The summed E-state index contributed by atoms with van der Waals surface area (Å²) in [6.45, 7) is 0.328. The van der Waals surface area contributed by atoms with Crippen LogP contribution in [0, 0.1) is 0 Å². The second-order valence-electron chi connectivity index (χ2n) is 6.54. The van der Waals surface area contributed by atoms with E-state index in [2.05, 4.69) is 10.3 Å². The molecular formula is C23H21N3O4. The molecule has 0 bridgehead atoms. The lowest BCUT2D eigenvalue weighted by atomic mass is 10.2. The van der Waals surface area contributed by atoms with Crippen molar-refractivity contribution in [3.05, 3.63) is 84.3 Å². The quantitative estimate of drug-likeness (QED) is 0.501. The molecule has 0 atom stereocenters. The summed E-state index contributed by atoms with van der Waals surface area (Å²) < 4.78 is 18.3. The summed E-state index contributed by atoms with van der Waals surface area (Å²) >= 11 is 0. The fourth-order valence-corrected chi connectivity index (χ4v) is 3.06. The molecular weight excluding hydrogens is 382 g/mol. The first kappa shape index (κ1) is 19.3. The van der Waals surface area contributed by atoms with Crippen molar-refractivity contribution in [1.82, 2.24) is 9.38 Å². The molecule has 4 aromatic rings. The first-order chi connectivity index (χ1) is 14.7. The third kappa shape index (κ3) is 4.20. The minimum absolute atomic E-state index is 0.256. The lowest BCUT2D eigenvalue weighted by Gasteiger charge is -2.11. The number of methoxy groups -OCH3 is 2. The van der Waals surface area contributed by atoms with Crippen LogP contribution in [-0.2, 0) is 6.61 Å². The minimum atomic E-state index is -0.256. The Bertz CT molecular complexity index is 1150. The minimum Gasteiger partial charge on any atom is -0.493 e. The van der Waals surface area contributed by atoms with E-state index < -0.39 is 0 Å². The highest BCUT2D eigenvalue weighted by Gasteiger charge is 2.11. The predicted molar refractivity (Wildman–Crippen MR) is 113 cm³/mol. The number of benzene rings is 2.